The summed E-state index contributed by atoms with van der Waals surface area (Å²) in [6, 6.07) is -10.1. The molecule has 3 saturated heterocycles. The lowest BCUT2D eigenvalue weighted by atomic mass is 9.81. The van der Waals surface area contributed by atoms with Crippen molar-refractivity contribution in [3.05, 3.63) is 34.9 Å². The average molecular weight is 1480 g/mol. The number of rotatable bonds is 11. The molecule has 3 N–H and O–H groups in total. The van der Waals surface area contributed by atoms with Crippen LogP contribution in [0.4, 0.5) is 30.7 Å². The minimum absolute atomic E-state index is 0.0564. The maximum Gasteiger partial charge on any atom is 0.422 e. The third kappa shape index (κ3) is 20.7. The molecule has 0 radical (unpaired) electrons. The van der Waals surface area contributed by atoms with Crippen LogP contribution in [0.2, 0.25) is 0 Å². The van der Waals surface area contributed by atoms with E-state index in [0.717, 1.165) is 50.2 Å². The van der Waals surface area contributed by atoms with Gasteiger partial charge in [0.25, 0.3) is 5.92 Å². The standard InChI is InChI=1S/C72H107F7N12O13/c1-12-44(4)60-67(101)85(7)40-57(94)83(5)41-58(95)87(9)52(36-45-21-15-13-16-22-45)65(99)84(6)39-55(92)80-50(26-25-46-34-48(73)59(49(74)35-46)72(77,78)79)64(98)91-42-71(75,76)38-54(91)63(97)82-70(27-19-20-28-70)69(103)89(11)61(47-23-17-14-18-24-47)68(102)88(10)53(66(100)90-29-31-104-32-30-90)37-56(93)86(8)51(33-43(2)3)62(96)81-60/h34-35,43-45,47,50-54,60-61H,12-33,36-42H2,1-11H3,(H,80,92)(H,81,96)(H,82,97)/t44-,50-,51-,52-,53-,54-,60-,61-/m0/s1. The van der Waals surface area contributed by atoms with E-state index in [0.29, 0.717) is 74.8 Å². The first-order chi connectivity index (χ1) is 48.8. The van der Waals surface area contributed by atoms with Gasteiger partial charge in [0, 0.05) is 68.8 Å². The number of halogens is 7. The first-order valence-corrected chi connectivity index (χ1v) is 36.6. The number of amides is 12. The molecular formula is C72H107F7N12O13. The van der Waals surface area contributed by atoms with E-state index in [-0.39, 0.29) is 63.8 Å². The van der Waals surface area contributed by atoms with Gasteiger partial charge in [0.2, 0.25) is 70.9 Å². The van der Waals surface area contributed by atoms with E-state index in [4.69, 9.17) is 4.74 Å². The predicted octanol–water partition coefficient (Wildman–Crippen LogP) is 5.14. The second-order valence-electron chi connectivity index (χ2n) is 30.2. The van der Waals surface area contributed by atoms with Crippen molar-refractivity contribution in [1.29, 1.82) is 0 Å². The SMILES string of the molecule is CC[C@H](C)[C@@H]1NC(=O)[C@H](CC(C)C)N(C)C(=O)C[C@@H](C(=O)N2CCOCC2)N(C)C(=O)[C@H](C2CCCCC2)N(C)C(=O)C2(CCCC2)NC(=O)[C@@H]2CC(F)(F)CN2C(=O)[C@H](CCc2cc(F)c(C(F)(F)F)c(F)c2)NC(=O)CN(C)C(=O)[C@H](CC2CCCCC2)N(C)C(=O)CN(C)C(=O)CN(C)C1=O. The molecule has 8 atom stereocenters. The maximum absolute atomic E-state index is 16.2. The second kappa shape index (κ2) is 36.1. The lowest BCUT2D eigenvalue weighted by Crippen LogP contribution is -2.65. The van der Waals surface area contributed by atoms with Gasteiger partial charge in [-0.1, -0.05) is 98.3 Å². The monoisotopic (exact) mass is 1480 g/mol. The van der Waals surface area contributed by atoms with Gasteiger partial charge in [0.15, 0.2) is 0 Å². The van der Waals surface area contributed by atoms with Crippen LogP contribution in [-0.4, -0.2) is 271 Å². The molecular weight excluding hydrogens is 1370 g/mol. The van der Waals surface area contributed by atoms with E-state index in [1.165, 1.54) is 64.0 Å². The number of benzene rings is 1. The van der Waals surface area contributed by atoms with Gasteiger partial charge in [-0.15, -0.1) is 0 Å². The topological polar surface area (TPSA) is 279 Å². The van der Waals surface area contributed by atoms with Gasteiger partial charge < -0.3 is 64.8 Å². The number of hydrogen-bond acceptors (Lipinski definition) is 13. The smallest absolute Gasteiger partial charge is 0.378 e. The summed E-state index contributed by atoms with van der Waals surface area (Å²) in [5, 5.41) is 7.98. The summed E-state index contributed by atoms with van der Waals surface area (Å²) in [4.78, 5) is 189. The average Bonchev–Trinajstić information content (AvgIpc) is 1.62. The zero-order chi connectivity index (χ0) is 77.0. The van der Waals surface area contributed by atoms with Crippen molar-refractivity contribution >= 4 is 70.9 Å². The minimum atomic E-state index is -5.47. The summed E-state index contributed by atoms with van der Waals surface area (Å²) in [6.45, 7) is 4.01. The predicted molar refractivity (Wildman–Crippen MR) is 366 cm³/mol. The van der Waals surface area contributed by atoms with Crippen LogP contribution in [0.25, 0.3) is 0 Å². The molecule has 1 aromatic carbocycles. The van der Waals surface area contributed by atoms with Gasteiger partial charge in [-0.3, -0.25) is 57.5 Å². The van der Waals surface area contributed by atoms with E-state index in [2.05, 4.69) is 16.0 Å². The highest BCUT2D eigenvalue weighted by Gasteiger charge is 2.55. The Bertz CT molecular complexity index is 3260. The largest absolute Gasteiger partial charge is 0.422 e. The molecule has 0 unspecified atom stereocenters. The van der Waals surface area contributed by atoms with Crippen LogP contribution in [0.5, 0.6) is 0 Å². The Morgan fingerprint density at radius 1 is 0.644 bits per heavy atom. The number of carbonyl (C=O) groups excluding carboxylic acids is 12. The molecule has 32 heteroatoms. The van der Waals surface area contributed by atoms with Crippen LogP contribution >= 0.6 is 0 Å². The Kier molecular flexibility index (Phi) is 29.0. The molecule has 3 saturated carbocycles. The first-order valence-electron chi connectivity index (χ1n) is 36.6. The maximum atomic E-state index is 16.2. The number of likely N-dealkylation sites (N-methyl/N-ethyl adjacent to an activating group) is 7. The molecule has 104 heavy (non-hydrogen) atoms. The van der Waals surface area contributed by atoms with Crippen molar-refractivity contribution in [2.45, 2.75) is 222 Å². The molecule has 3 aliphatic carbocycles. The molecule has 1 aromatic rings. The zero-order valence-electron chi connectivity index (χ0n) is 62.0. The van der Waals surface area contributed by atoms with Crippen molar-refractivity contribution in [2.75, 3.05) is 102 Å². The Hall–Kier alpha value is -7.67. The summed E-state index contributed by atoms with van der Waals surface area (Å²) < 4.78 is 109. The highest BCUT2D eigenvalue weighted by Crippen LogP contribution is 2.40. The Morgan fingerprint density at radius 2 is 1.21 bits per heavy atom. The van der Waals surface area contributed by atoms with Gasteiger partial charge in [0.05, 0.1) is 45.8 Å². The second-order valence-corrected chi connectivity index (χ2v) is 30.2. The first kappa shape index (κ1) is 83.6. The summed E-state index contributed by atoms with van der Waals surface area (Å²) in [6.07, 6.45) is -1.16. The van der Waals surface area contributed by atoms with E-state index >= 15 is 46.3 Å². The molecule has 3 aliphatic heterocycles. The van der Waals surface area contributed by atoms with Crippen molar-refractivity contribution < 1.29 is 93.0 Å². The number of morpholine rings is 1. The summed E-state index contributed by atoms with van der Waals surface area (Å²) in [5.74, 6) is -19.7. The van der Waals surface area contributed by atoms with Crippen LogP contribution in [0, 0.1) is 35.3 Å². The minimum Gasteiger partial charge on any atom is -0.378 e. The number of alkyl halides is 5. The summed E-state index contributed by atoms with van der Waals surface area (Å²) in [5.41, 5.74) is -4.58. The number of nitrogens with zero attached hydrogens (tertiary/aromatic N) is 9. The molecule has 6 fully saturated rings. The number of hydrogen-bond donors (Lipinski definition) is 3. The number of aryl methyl sites for hydroxylation is 1. The number of nitrogens with one attached hydrogen (secondary N) is 3. The Balaban J connectivity index is 1.32. The number of ether oxygens (including phenoxy) is 1. The van der Waals surface area contributed by atoms with Gasteiger partial charge in [0.1, 0.15) is 65.0 Å². The van der Waals surface area contributed by atoms with Crippen molar-refractivity contribution in [3.8, 4) is 0 Å². The Morgan fingerprint density at radius 3 is 1.79 bits per heavy atom. The van der Waals surface area contributed by atoms with Crippen LogP contribution in [0.15, 0.2) is 12.1 Å². The normalized spacial score (nSPS) is 26.9. The third-order valence-corrected chi connectivity index (χ3v) is 22.1. The van der Waals surface area contributed by atoms with Crippen molar-refractivity contribution in [1.82, 2.24) is 60.0 Å². The van der Waals surface area contributed by atoms with Crippen molar-refractivity contribution in [3.63, 3.8) is 0 Å². The summed E-state index contributed by atoms with van der Waals surface area (Å²) in [7, 11) is 9.25. The molecule has 6 aliphatic rings. The van der Waals surface area contributed by atoms with Crippen molar-refractivity contribution in [2.24, 2.45) is 23.7 Å². The fourth-order valence-corrected chi connectivity index (χ4v) is 15.6. The third-order valence-electron chi connectivity index (χ3n) is 22.1. The van der Waals surface area contributed by atoms with Crippen LogP contribution in [-0.2, 0) is 74.9 Å². The molecule has 7 rings (SSSR count). The lowest BCUT2D eigenvalue weighted by molar-refractivity contribution is -0.158. The van der Waals surface area contributed by atoms with Gasteiger partial charge >= 0.3 is 6.18 Å². The highest BCUT2D eigenvalue weighted by atomic mass is 19.4. The summed E-state index contributed by atoms with van der Waals surface area (Å²) >= 11 is 0. The molecule has 1 spiro atoms. The van der Waals surface area contributed by atoms with E-state index < -0.39 is 217 Å². The van der Waals surface area contributed by atoms with E-state index in [1.54, 1.807) is 13.8 Å². The van der Waals surface area contributed by atoms with E-state index in [9.17, 15) is 41.9 Å². The molecule has 25 nitrogen and oxygen atoms in total. The molecule has 3 heterocycles. The van der Waals surface area contributed by atoms with Gasteiger partial charge in [-0.05, 0) is 92.7 Å². The quantitative estimate of drug-likeness (QED) is 0.243. The van der Waals surface area contributed by atoms with Gasteiger partial charge in [-0.2, -0.15) is 13.2 Å². The van der Waals surface area contributed by atoms with Crippen LogP contribution in [0.3, 0.4) is 0 Å². The molecule has 12 amide bonds. The lowest BCUT2D eigenvalue weighted by Gasteiger charge is -2.43. The molecule has 0 bridgehead atoms. The number of carbonyl (C=O) groups is 12. The highest BCUT2D eigenvalue weighted by molar-refractivity contribution is 6.01. The zero-order valence-corrected chi connectivity index (χ0v) is 62.0. The molecule has 0 aromatic heterocycles. The van der Waals surface area contributed by atoms with Gasteiger partial charge in [-0.25, -0.2) is 17.6 Å². The fraction of sp³-hybridized carbons (Fsp3) is 0.750. The Labute approximate surface area is 604 Å². The molecule has 582 valence electrons. The van der Waals surface area contributed by atoms with Crippen LogP contribution < -0.4 is 16.0 Å². The fourth-order valence-electron chi connectivity index (χ4n) is 15.6. The number of fused-ring (bicyclic) bond motifs is 1. The van der Waals surface area contributed by atoms with Crippen LogP contribution in [0.1, 0.15) is 167 Å². The van der Waals surface area contributed by atoms with E-state index in [1.807, 2.05) is 13.8 Å².